The summed E-state index contributed by atoms with van der Waals surface area (Å²) in [6, 6.07) is 11.5. The van der Waals surface area contributed by atoms with Gasteiger partial charge in [-0.2, -0.15) is 0 Å². The number of hydrogen-bond acceptors (Lipinski definition) is 2. The molecule has 2 aromatic carbocycles. The number of benzene rings is 2. The number of anilines is 1. The van der Waals surface area contributed by atoms with Crippen molar-refractivity contribution in [2.45, 2.75) is 32.4 Å². The summed E-state index contributed by atoms with van der Waals surface area (Å²) in [5.74, 6) is 1.30. The minimum atomic E-state index is -0.0145. The number of carbonyl (C=O) groups excluding carboxylic acids is 1. The topological polar surface area (TPSA) is 29.1 Å². The third-order valence-corrected chi connectivity index (χ3v) is 5.40. The lowest BCUT2D eigenvalue weighted by atomic mass is 9.98. The number of rotatable bonds is 6. The van der Waals surface area contributed by atoms with Crippen LogP contribution in [-0.4, -0.2) is 11.7 Å². The second-order valence-corrected chi connectivity index (χ2v) is 7.74. The number of thioether (sulfide) groups is 1. The normalized spacial score (nSPS) is 10.9. The summed E-state index contributed by atoms with van der Waals surface area (Å²) < 4.78 is 0. The van der Waals surface area contributed by atoms with Crippen LogP contribution in [0.5, 0.6) is 0 Å². The first-order valence-corrected chi connectivity index (χ1v) is 9.71. The fourth-order valence-corrected chi connectivity index (χ4v) is 4.00. The molecule has 0 heterocycles. The first-order valence-electron chi connectivity index (χ1n) is 7.80. The van der Waals surface area contributed by atoms with Crippen LogP contribution in [0, 0.1) is 6.92 Å². The van der Waals surface area contributed by atoms with Gasteiger partial charge in [-0.1, -0.05) is 61.3 Å². The van der Waals surface area contributed by atoms with Gasteiger partial charge < -0.3 is 5.32 Å². The van der Waals surface area contributed by atoms with Gasteiger partial charge in [-0.15, -0.1) is 11.8 Å². The second kappa shape index (κ2) is 8.80. The molecule has 0 unspecified atom stereocenters. The first-order chi connectivity index (χ1) is 11.4. The van der Waals surface area contributed by atoms with Crippen molar-refractivity contribution >= 4 is 46.6 Å². The molecule has 0 fully saturated rings. The Morgan fingerprint density at radius 1 is 1.12 bits per heavy atom. The van der Waals surface area contributed by atoms with Crippen molar-refractivity contribution < 1.29 is 4.79 Å². The fourth-order valence-electron chi connectivity index (χ4n) is 2.43. The Morgan fingerprint density at radius 2 is 1.75 bits per heavy atom. The van der Waals surface area contributed by atoms with Crippen molar-refractivity contribution in [1.82, 2.24) is 0 Å². The fraction of sp³-hybridized carbons (Fsp3) is 0.316. The number of hydrogen-bond donors (Lipinski definition) is 1. The molecule has 128 valence electrons. The Morgan fingerprint density at radius 3 is 2.38 bits per heavy atom. The number of carbonyl (C=O) groups is 1. The lowest BCUT2D eigenvalue weighted by Crippen LogP contribution is -2.16. The van der Waals surface area contributed by atoms with E-state index in [-0.39, 0.29) is 5.91 Å². The van der Waals surface area contributed by atoms with Crippen LogP contribution in [0.3, 0.4) is 0 Å². The molecule has 2 aromatic rings. The van der Waals surface area contributed by atoms with Crippen molar-refractivity contribution in [2.24, 2.45) is 0 Å². The van der Waals surface area contributed by atoms with E-state index in [1.807, 2.05) is 37.3 Å². The smallest absolute Gasteiger partial charge is 0.234 e. The summed E-state index contributed by atoms with van der Waals surface area (Å²) in [6.45, 7) is 6.26. The molecule has 0 aromatic heterocycles. The van der Waals surface area contributed by atoms with Gasteiger partial charge in [0.15, 0.2) is 0 Å². The van der Waals surface area contributed by atoms with Crippen molar-refractivity contribution in [3.05, 3.63) is 63.1 Å². The van der Waals surface area contributed by atoms with Crippen LogP contribution >= 0.6 is 35.0 Å². The van der Waals surface area contributed by atoms with E-state index in [1.54, 1.807) is 0 Å². The average molecular weight is 382 g/mol. The van der Waals surface area contributed by atoms with E-state index in [0.717, 1.165) is 22.4 Å². The molecule has 2 nitrogen and oxygen atoms in total. The summed E-state index contributed by atoms with van der Waals surface area (Å²) in [6.07, 6.45) is 0. The first kappa shape index (κ1) is 19.2. The van der Waals surface area contributed by atoms with Gasteiger partial charge in [0.2, 0.25) is 5.91 Å². The number of aryl methyl sites for hydroxylation is 1. The summed E-state index contributed by atoms with van der Waals surface area (Å²) in [5.41, 5.74) is 4.03. The predicted octanol–water partition coefficient (Wildman–Crippen LogP) is 6.30. The zero-order valence-corrected chi connectivity index (χ0v) is 16.4. The van der Waals surface area contributed by atoms with Crippen LogP contribution in [-0.2, 0) is 10.5 Å². The quantitative estimate of drug-likeness (QED) is 0.635. The van der Waals surface area contributed by atoms with E-state index < -0.39 is 0 Å². The maximum atomic E-state index is 12.3. The third kappa shape index (κ3) is 4.92. The molecular weight excluding hydrogens is 361 g/mol. The maximum absolute atomic E-state index is 12.3. The highest BCUT2D eigenvalue weighted by atomic mass is 35.5. The second-order valence-electron chi connectivity index (χ2n) is 5.94. The molecule has 5 heteroatoms. The Kier molecular flexibility index (Phi) is 7.02. The molecule has 0 radical (unpaired) electrons. The highest BCUT2D eigenvalue weighted by Gasteiger charge is 2.13. The Hall–Kier alpha value is -1.16. The molecule has 2 rings (SSSR count). The zero-order chi connectivity index (χ0) is 17.7. The highest BCUT2D eigenvalue weighted by Crippen LogP contribution is 2.29. The third-order valence-electron chi connectivity index (χ3n) is 3.73. The zero-order valence-electron chi connectivity index (χ0n) is 14.0. The minimum Gasteiger partial charge on any atom is -0.325 e. The van der Waals surface area contributed by atoms with Crippen LogP contribution in [0.15, 0.2) is 36.4 Å². The summed E-state index contributed by atoms with van der Waals surface area (Å²) >= 11 is 13.8. The van der Waals surface area contributed by atoms with Gasteiger partial charge in [-0.3, -0.25) is 4.79 Å². The average Bonchev–Trinajstić information content (AvgIpc) is 2.52. The number of para-hydroxylation sites is 1. The van der Waals surface area contributed by atoms with Crippen LogP contribution in [0.4, 0.5) is 5.69 Å². The van der Waals surface area contributed by atoms with Crippen molar-refractivity contribution in [2.75, 3.05) is 11.1 Å². The van der Waals surface area contributed by atoms with Crippen molar-refractivity contribution in [3.63, 3.8) is 0 Å². The molecule has 0 aliphatic heterocycles. The SMILES string of the molecule is Cc1cccc(C(C)C)c1NC(=O)CSCc1c(Cl)cccc1Cl. The number of nitrogens with one attached hydrogen (secondary N) is 1. The van der Waals surface area contributed by atoms with Gasteiger partial charge >= 0.3 is 0 Å². The van der Waals surface area contributed by atoms with E-state index in [0.29, 0.717) is 27.5 Å². The molecule has 24 heavy (non-hydrogen) atoms. The van der Waals surface area contributed by atoms with E-state index in [4.69, 9.17) is 23.2 Å². The van der Waals surface area contributed by atoms with E-state index in [9.17, 15) is 4.79 Å². The van der Waals surface area contributed by atoms with Crippen LogP contribution in [0.25, 0.3) is 0 Å². The number of amides is 1. The van der Waals surface area contributed by atoms with Crippen LogP contribution < -0.4 is 5.32 Å². The lowest BCUT2D eigenvalue weighted by molar-refractivity contribution is -0.113. The molecule has 0 saturated heterocycles. The predicted molar refractivity (Wildman–Crippen MR) is 107 cm³/mol. The van der Waals surface area contributed by atoms with Crippen molar-refractivity contribution in [3.8, 4) is 0 Å². The monoisotopic (exact) mass is 381 g/mol. The maximum Gasteiger partial charge on any atom is 0.234 e. The van der Waals surface area contributed by atoms with Crippen LogP contribution in [0.2, 0.25) is 10.0 Å². The molecule has 0 aliphatic rings. The van der Waals surface area contributed by atoms with Gasteiger partial charge in [0, 0.05) is 21.5 Å². The molecule has 0 aliphatic carbocycles. The molecule has 0 bridgehead atoms. The number of halogens is 2. The van der Waals surface area contributed by atoms with Gasteiger partial charge in [0.05, 0.1) is 5.75 Å². The van der Waals surface area contributed by atoms with E-state index >= 15 is 0 Å². The van der Waals surface area contributed by atoms with Crippen molar-refractivity contribution in [1.29, 1.82) is 0 Å². The highest BCUT2D eigenvalue weighted by molar-refractivity contribution is 7.99. The van der Waals surface area contributed by atoms with Gasteiger partial charge in [-0.25, -0.2) is 0 Å². The minimum absolute atomic E-state index is 0.0145. The van der Waals surface area contributed by atoms with Gasteiger partial charge in [-0.05, 0) is 41.7 Å². The molecule has 0 spiro atoms. The molecular formula is C19H21Cl2NOS. The Labute approximate surface area is 157 Å². The molecule has 1 amide bonds. The lowest BCUT2D eigenvalue weighted by Gasteiger charge is -2.16. The van der Waals surface area contributed by atoms with E-state index in [2.05, 4.69) is 25.2 Å². The molecule has 1 N–H and O–H groups in total. The summed E-state index contributed by atoms with van der Waals surface area (Å²) in [7, 11) is 0. The standard InChI is InChI=1S/C19H21Cl2NOS/c1-12(2)14-7-4-6-13(3)19(14)22-18(23)11-24-10-15-16(20)8-5-9-17(15)21/h4-9,12H,10-11H2,1-3H3,(H,22,23). The van der Waals surface area contributed by atoms with Crippen LogP contribution in [0.1, 0.15) is 36.5 Å². The summed E-state index contributed by atoms with van der Waals surface area (Å²) in [5, 5.41) is 4.32. The molecule has 0 saturated carbocycles. The Bertz CT molecular complexity index is 711. The van der Waals surface area contributed by atoms with Gasteiger partial charge in [0.25, 0.3) is 0 Å². The largest absolute Gasteiger partial charge is 0.325 e. The molecule has 0 atom stereocenters. The van der Waals surface area contributed by atoms with E-state index in [1.165, 1.54) is 11.8 Å². The van der Waals surface area contributed by atoms with Gasteiger partial charge in [0.1, 0.15) is 0 Å². The Balaban J connectivity index is 1.98. The summed E-state index contributed by atoms with van der Waals surface area (Å²) in [4.78, 5) is 12.3.